The van der Waals surface area contributed by atoms with Gasteiger partial charge in [-0.15, -0.1) is 0 Å². The summed E-state index contributed by atoms with van der Waals surface area (Å²) in [4.78, 5) is 25.2. The first kappa shape index (κ1) is 40.4. The Morgan fingerprint density at radius 1 is 0.741 bits per heavy atom. The summed E-state index contributed by atoms with van der Waals surface area (Å²) < 4.78 is 11.6. The van der Waals surface area contributed by atoms with E-state index in [1.807, 2.05) is 30.3 Å². The zero-order valence-corrected chi connectivity index (χ0v) is 34.1. The highest BCUT2D eigenvalue weighted by molar-refractivity contribution is 5.72. The number of unbranched alkanes of at least 4 members (excludes halogenated alkanes) is 4. The number of carbonyl (C=O) groups excluding carboxylic acids is 2. The number of benzene rings is 2. The van der Waals surface area contributed by atoms with Crippen molar-refractivity contribution in [2.45, 2.75) is 156 Å². The number of hydrogen-bond acceptors (Lipinski definition) is 6. The Bertz CT molecular complexity index is 1580. The molecule has 6 rings (SSSR count). The average molecular weight is 737 g/mol. The molecular formula is C48H68N2O4. The Kier molecular flexibility index (Phi) is 13.9. The Hall–Kier alpha value is -3.28. The summed E-state index contributed by atoms with van der Waals surface area (Å²) in [6.45, 7) is 12.5. The van der Waals surface area contributed by atoms with Gasteiger partial charge in [-0.05, 0) is 141 Å². The summed E-state index contributed by atoms with van der Waals surface area (Å²) in [5, 5.41) is 8.44. The van der Waals surface area contributed by atoms with Crippen LogP contribution in [0.3, 0.4) is 0 Å². The lowest BCUT2D eigenvalue weighted by Gasteiger charge is -2.58. The molecule has 0 aliphatic heterocycles. The van der Waals surface area contributed by atoms with Crippen molar-refractivity contribution in [1.82, 2.24) is 0 Å². The lowest BCUT2D eigenvalue weighted by Crippen LogP contribution is -2.51. The molecule has 0 aromatic heterocycles. The van der Waals surface area contributed by atoms with E-state index < -0.39 is 0 Å². The van der Waals surface area contributed by atoms with E-state index in [0.717, 1.165) is 92.6 Å². The number of rotatable bonds is 17. The lowest BCUT2D eigenvalue weighted by molar-refractivity contribution is -0.151. The van der Waals surface area contributed by atoms with Crippen LogP contribution in [0, 0.1) is 46.3 Å². The standard InChI is InChI=1S/C48H68N2O4/c1-34(2)15-14-16-35(3)42-27-28-43-41-26-21-36-33-40(29-31-47(36,4)44(41)30-32-48(42,43)5)54-46(52)20-13-8-6-7-12-19-45(51)53-39-24-22-38(23-25-39)50-49-37-17-10-9-11-18-37/h9-11,17-18,21-25,34-35,40-44H,6-8,12-16,19-20,26-33H2,1-5H3/t35-,40?,41+,42-,43+,44+,47+,48-/m1/s1. The third-order valence-electron chi connectivity index (χ3n) is 14.4. The molecule has 3 saturated carbocycles. The fourth-order valence-corrected chi connectivity index (χ4v) is 11.4. The van der Waals surface area contributed by atoms with Crippen molar-refractivity contribution in [3.63, 3.8) is 0 Å². The number of ether oxygens (including phenoxy) is 2. The van der Waals surface area contributed by atoms with Gasteiger partial charge in [0.1, 0.15) is 11.9 Å². The number of azo groups is 1. The number of carbonyl (C=O) groups is 2. The molecule has 4 aliphatic carbocycles. The van der Waals surface area contributed by atoms with Crippen molar-refractivity contribution in [2.24, 2.45) is 56.6 Å². The van der Waals surface area contributed by atoms with E-state index in [4.69, 9.17) is 9.47 Å². The van der Waals surface area contributed by atoms with Crippen molar-refractivity contribution in [2.75, 3.05) is 0 Å². The number of esters is 2. The minimum Gasteiger partial charge on any atom is -0.462 e. The van der Waals surface area contributed by atoms with E-state index in [2.05, 4.69) is 50.9 Å². The van der Waals surface area contributed by atoms with Crippen LogP contribution in [0.1, 0.15) is 150 Å². The van der Waals surface area contributed by atoms with Crippen LogP contribution in [0.5, 0.6) is 5.75 Å². The minimum atomic E-state index is -0.226. The van der Waals surface area contributed by atoms with E-state index >= 15 is 0 Å². The second-order valence-electron chi connectivity index (χ2n) is 18.4. The van der Waals surface area contributed by atoms with E-state index in [1.165, 1.54) is 51.4 Å². The number of fused-ring (bicyclic) bond motifs is 5. The first-order chi connectivity index (χ1) is 26.0. The third-order valence-corrected chi connectivity index (χ3v) is 14.4. The Balaban J connectivity index is 0.857. The van der Waals surface area contributed by atoms with Crippen LogP contribution in [-0.4, -0.2) is 18.0 Å². The first-order valence-electron chi connectivity index (χ1n) is 21.7. The normalized spacial score (nSPS) is 29.6. The highest BCUT2D eigenvalue weighted by atomic mass is 16.5. The van der Waals surface area contributed by atoms with Gasteiger partial charge >= 0.3 is 11.9 Å². The fraction of sp³-hybridized carbons (Fsp3) is 0.667. The molecule has 0 amide bonds. The van der Waals surface area contributed by atoms with Gasteiger partial charge in [0.2, 0.25) is 0 Å². The van der Waals surface area contributed by atoms with Crippen LogP contribution >= 0.6 is 0 Å². The molecule has 4 aliphatic rings. The maximum atomic E-state index is 12.9. The minimum absolute atomic E-state index is 0.0330. The smallest absolute Gasteiger partial charge is 0.311 e. The first-order valence-corrected chi connectivity index (χ1v) is 21.7. The third kappa shape index (κ3) is 9.93. The summed E-state index contributed by atoms with van der Waals surface area (Å²) in [5.74, 6) is 5.31. The molecule has 0 heterocycles. The number of hydrogen-bond donors (Lipinski definition) is 0. The Labute approximate surface area is 326 Å². The van der Waals surface area contributed by atoms with Crippen LogP contribution in [0.25, 0.3) is 0 Å². The largest absolute Gasteiger partial charge is 0.462 e. The molecule has 0 spiro atoms. The van der Waals surface area contributed by atoms with Crippen molar-refractivity contribution in [3.8, 4) is 5.75 Å². The van der Waals surface area contributed by atoms with Crippen molar-refractivity contribution >= 4 is 23.3 Å². The Morgan fingerprint density at radius 2 is 1.43 bits per heavy atom. The van der Waals surface area contributed by atoms with Crippen molar-refractivity contribution in [1.29, 1.82) is 0 Å². The molecular weight excluding hydrogens is 669 g/mol. The molecule has 294 valence electrons. The zero-order valence-electron chi connectivity index (χ0n) is 34.1. The second-order valence-corrected chi connectivity index (χ2v) is 18.4. The molecule has 8 atom stereocenters. The maximum Gasteiger partial charge on any atom is 0.311 e. The van der Waals surface area contributed by atoms with Gasteiger partial charge < -0.3 is 9.47 Å². The SMILES string of the molecule is CC(C)CCC[C@@H](C)[C@H]1CC[C@H]2[C@@H]3CC=C4CC(OC(=O)CCCCCCCC(=O)Oc5ccc(N=Nc6ccccc6)cc5)CC[C@]4(C)[C@H]3CC[C@]12C. The van der Waals surface area contributed by atoms with Crippen LogP contribution < -0.4 is 4.74 Å². The number of allylic oxidation sites excluding steroid dienone is 1. The maximum absolute atomic E-state index is 12.9. The Morgan fingerprint density at radius 3 is 2.15 bits per heavy atom. The fourth-order valence-electron chi connectivity index (χ4n) is 11.4. The summed E-state index contributed by atoms with van der Waals surface area (Å²) in [6, 6.07) is 16.6. The van der Waals surface area contributed by atoms with E-state index in [1.54, 1.807) is 29.8 Å². The molecule has 3 fully saturated rings. The zero-order chi connectivity index (χ0) is 38.1. The van der Waals surface area contributed by atoms with Gasteiger partial charge in [0.15, 0.2) is 0 Å². The highest BCUT2D eigenvalue weighted by Gasteiger charge is 2.59. The monoisotopic (exact) mass is 737 g/mol. The molecule has 0 saturated heterocycles. The van der Waals surface area contributed by atoms with Crippen LogP contribution in [-0.2, 0) is 14.3 Å². The lowest BCUT2D eigenvalue weighted by atomic mass is 9.47. The second kappa shape index (κ2) is 18.6. The van der Waals surface area contributed by atoms with Gasteiger partial charge in [0.25, 0.3) is 0 Å². The molecule has 2 aromatic rings. The summed E-state index contributed by atoms with van der Waals surface area (Å²) in [5.41, 5.74) is 3.87. The van der Waals surface area contributed by atoms with Gasteiger partial charge in [-0.25, -0.2) is 0 Å². The molecule has 6 nitrogen and oxygen atoms in total. The van der Waals surface area contributed by atoms with E-state index in [0.29, 0.717) is 29.7 Å². The molecule has 6 heteroatoms. The van der Waals surface area contributed by atoms with E-state index in [-0.39, 0.29) is 23.5 Å². The van der Waals surface area contributed by atoms with E-state index in [9.17, 15) is 9.59 Å². The topological polar surface area (TPSA) is 77.3 Å². The molecule has 0 N–H and O–H groups in total. The molecule has 1 unspecified atom stereocenters. The summed E-state index contributed by atoms with van der Waals surface area (Å²) >= 11 is 0. The molecule has 2 aromatic carbocycles. The predicted octanol–water partition coefficient (Wildman–Crippen LogP) is 13.7. The molecule has 0 bridgehead atoms. The highest BCUT2D eigenvalue weighted by Crippen LogP contribution is 2.67. The summed E-state index contributed by atoms with van der Waals surface area (Å²) in [7, 11) is 0. The quantitative estimate of drug-likeness (QED) is 0.0532. The van der Waals surface area contributed by atoms with Gasteiger partial charge in [-0.2, -0.15) is 10.2 Å². The van der Waals surface area contributed by atoms with Crippen LogP contribution in [0.15, 0.2) is 76.5 Å². The van der Waals surface area contributed by atoms with Crippen LogP contribution in [0.4, 0.5) is 11.4 Å². The van der Waals surface area contributed by atoms with Gasteiger partial charge in [0.05, 0.1) is 11.4 Å². The van der Waals surface area contributed by atoms with Crippen molar-refractivity contribution in [3.05, 3.63) is 66.2 Å². The van der Waals surface area contributed by atoms with Gasteiger partial charge in [0, 0.05) is 19.3 Å². The molecule has 54 heavy (non-hydrogen) atoms. The summed E-state index contributed by atoms with van der Waals surface area (Å²) in [6.07, 6.45) is 22.2. The van der Waals surface area contributed by atoms with Gasteiger partial charge in [-0.1, -0.05) is 103 Å². The molecule has 0 radical (unpaired) electrons. The van der Waals surface area contributed by atoms with Crippen LogP contribution in [0.2, 0.25) is 0 Å². The average Bonchev–Trinajstić information content (AvgIpc) is 3.52. The number of nitrogens with zero attached hydrogens (tertiary/aromatic N) is 2. The van der Waals surface area contributed by atoms with Gasteiger partial charge in [-0.3, -0.25) is 9.59 Å². The van der Waals surface area contributed by atoms with Crippen molar-refractivity contribution < 1.29 is 19.1 Å². The predicted molar refractivity (Wildman–Crippen MR) is 218 cm³/mol.